The van der Waals surface area contributed by atoms with Gasteiger partial charge in [0.15, 0.2) is 0 Å². The van der Waals surface area contributed by atoms with Crippen molar-refractivity contribution in [1.82, 2.24) is 10.6 Å². The van der Waals surface area contributed by atoms with Gasteiger partial charge in [0.2, 0.25) is 5.91 Å². The third-order valence-electron chi connectivity index (χ3n) is 2.77. The van der Waals surface area contributed by atoms with Gasteiger partial charge in [-0.2, -0.15) is 0 Å². The van der Waals surface area contributed by atoms with Crippen LogP contribution in [0.15, 0.2) is 0 Å². The number of amides is 1. The summed E-state index contributed by atoms with van der Waals surface area (Å²) in [6, 6.07) is 0.358. The quantitative estimate of drug-likeness (QED) is 0.597. The third-order valence-corrected chi connectivity index (χ3v) is 2.77. The highest BCUT2D eigenvalue weighted by atomic mass is 16.5. The summed E-state index contributed by atoms with van der Waals surface area (Å²) < 4.78 is 10.3. The van der Waals surface area contributed by atoms with E-state index >= 15 is 0 Å². The summed E-state index contributed by atoms with van der Waals surface area (Å²) in [5.74, 6) is 0.0238. The number of ether oxygens (including phenoxy) is 2. The molecule has 2 fully saturated rings. The Bertz CT molecular complexity index is 218. The average molecular weight is 200 g/mol. The molecule has 0 bridgehead atoms. The van der Waals surface area contributed by atoms with E-state index in [0.29, 0.717) is 26.4 Å². The van der Waals surface area contributed by atoms with Crippen LogP contribution >= 0.6 is 0 Å². The average Bonchev–Trinajstić information content (AvgIpc) is 2.58. The lowest BCUT2D eigenvalue weighted by atomic mass is 10.0. The van der Waals surface area contributed by atoms with Crippen LogP contribution in [-0.2, 0) is 14.3 Å². The maximum absolute atomic E-state index is 11.7. The molecule has 14 heavy (non-hydrogen) atoms. The molecular weight excluding hydrogens is 184 g/mol. The summed E-state index contributed by atoms with van der Waals surface area (Å²) in [6.45, 7) is 2.42. The van der Waals surface area contributed by atoms with Crippen LogP contribution in [0.4, 0.5) is 0 Å². The fourth-order valence-corrected chi connectivity index (χ4v) is 1.72. The van der Waals surface area contributed by atoms with E-state index in [9.17, 15) is 4.79 Å². The van der Waals surface area contributed by atoms with Crippen molar-refractivity contribution < 1.29 is 14.3 Å². The van der Waals surface area contributed by atoms with E-state index in [4.69, 9.17) is 9.47 Å². The SMILES string of the molecule is CNC1COCC1C(=O)NC1COC1. The first kappa shape index (κ1) is 9.89. The molecule has 0 aromatic carbocycles. The fourth-order valence-electron chi connectivity index (χ4n) is 1.72. The maximum atomic E-state index is 11.7. The number of hydrogen-bond donors (Lipinski definition) is 2. The van der Waals surface area contributed by atoms with Crippen LogP contribution in [0.1, 0.15) is 0 Å². The lowest BCUT2D eigenvalue weighted by Gasteiger charge is -2.28. The summed E-state index contributed by atoms with van der Waals surface area (Å²) in [6.07, 6.45) is 0. The molecule has 0 aromatic heterocycles. The van der Waals surface area contributed by atoms with Gasteiger partial charge >= 0.3 is 0 Å². The molecule has 0 saturated carbocycles. The molecule has 2 heterocycles. The highest BCUT2D eigenvalue weighted by molar-refractivity contribution is 5.80. The molecule has 1 amide bonds. The van der Waals surface area contributed by atoms with Crippen molar-refractivity contribution in [2.45, 2.75) is 12.1 Å². The Morgan fingerprint density at radius 1 is 1.21 bits per heavy atom. The molecule has 5 nitrogen and oxygen atoms in total. The summed E-state index contributed by atoms with van der Waals surface area (Å²) >= 11 is 0. The molecule has 2 aliphatic heterocycles. The molecule has 5 heteroatoms. The van der Waals surface area contributed by atoms with Gasteiger partial charge in [-0.05, 0) is 7.05 Å². The summed E-state index contributed by atoms with van der Waals surface area (Å²) in [4.78, 5) is 11.7. The lowest BCUT2D eigenvalue weighted by molar-refractivity contribution is -0.129. The van der Waals surface area contributed by atoms with E-state index in [0.717, 1.165) is 0 Å². The molecule has 0 aliphatic carbocycles. The summed E-state index contributed by atoms with van der Waals surface area (Å²) in [5, 5.41) is 6.03. The molecule has 0 radical (unpaired) electrons. The standard InChI is InChI=1S/C9H16N2O3/c1-10-8-5-14-4-7(8)9(12)11-6-2-13-3-6/h6-8,10H,2-5H2,1H3,(H,11,12). The Labute approximate surface area is 83.1 Å². The Kier molecular flexibility index (Phi) is 3.00. The van der Waals surface area contributed by atoms with Crippen molar-refractivity contribution in [2.75, 3.05) is 33.5 Å². The van der Waals surface area contributed by atoms with Crippen molar-refractivity contribution >= 4 is 5.91 Å². The van der Waals surface area contributed by atoms with E-state index in [-0.39, 0.29) is 23.9 Å². The molecular formula is C9H16N2O3. The largest absolute Gasteiger partial charge is 0.379 e. The van der Waals surface area contributed by atoms with Crippen LogP contribution in [0.3, 0.4) is 0 Å². The Hall–Kier alpha value is -0.650. The number of hydrogen-bond acceptors (Lipinski definition) is 4. The minimum Gasteiger partial charge on any atom is -0.379 e. The predicted octanol–water partition coefficient (Wildman–Crippen LogP) is -1.26. The van der Waals surface area contributed by atoms with E-state index in [1.54, 1.807) is 0 Å². The topological polar surface area (TPSA) is 59.6 Å². The van der Waals surface area contributed by atoms with Crippen molar-refractivity contribution in [3.05, 3.63) is 0 Å². The van der Waals surface area contributed by atoms with Crippen molar-refractivity contribution in [3.63, 3.8) is 0 Å². The minimum absolute atomic E-state index is 0.0550. The van der Waals surface area contributed by atoms with Crippen LogP contribution in [0.25, 0.3) is 0 Å². The smallest absolute Gasteiger partial charge is 0.227 e. The Morgan fingerprint density at radius 3 is 2.50 bits per heavy atom. The molecule has 2 saturated heterocycles. The first-order valence-corrected chi connectivity index (χ1v) is 4.94. The number of carbonyl (C=O) groups is 1. The molecule has 2 aliphatic rings. The molecule has 2 rings (SSSR count). The van der Waals surface area contributed by atoms with Gasteiger partial charge in [0.25, 0.3) is 0 Å². The molecule has 0 aromatic rings. The van der Waals surface area contributed by atoms with Crippen molar-refractivity contribution in [3.8, 4) is 0 Å². The highest BCUT2D eigenvalue weighted by Gasteiger charge is 2.34. The van der Waals surface area contributed by atoms with Crippen molar-refractivity contribution in [2.24, 2.45) is 5.92 Å². The van der Waals surface area contributed by atoms with Gasteiger partial charge in [-0.15, -0.1) is 0 Å². The van der Waals surface area contributed by atoms with Gasteiger partial charge in [0, 0.05) is 6.04 Å². The zero-order valence-electron chi connectivity index (χ0n) is 8.29. The third kappa shape index (κ3) is 1.89. The second-order valence-electron chi connectivity index (χ2n) is 3.78. The van der Waals surface area contributed by atoms with Gasteiger partial charge in [0.1, 0.15) is 0 Å². The summed E-state index contributed by atoms with van der Waals surface area (Å²) in [5.41, 5.74) is 0. The van der Waals surface area contributed by atoms with Gasteiger partial charge < -0.3 is 20.1 Å². The van der Waals surface area contributed by atoms with Gasteiger partial charge in [0.05, 0.1) is 38.4 Å². The Morgan fingerprint density at radius 2 is 1.93 bits per heavy atom. The van der Waals surface area contributed by atoms with Crippen LogP contribution in [-0.4, -0.2) is 51.5 Å². The number of likely N-dealkylation sites (N-methyl/N-ethyl adjacent to an activating group) is 1. The molecule has 2 N–H and O–H groups in total. The number of carbonyl (C=O) groups excluding carboxylic acids is 1. The second kappa shape index (κ2) is 4.25. The predicted molar refractivity (Wildman–Crippen MR) is 49.9 cm³/mol. The fraction of sp³-hybridized carbons (Fsp3) is 0.889. The van der Waals surface area contributed by atoms with Crippen LogP contribution in [0, 0.1) is 5.92 Å². The maximum Gasteiger partial charge on any atom is 0.227 e. The zero-order chi connectivity index (χ0) is 9.97. The normalized spacial score (nSPS) is 32.6. The Balaban J connectivity index is 1.83. The second-order valence-corrected chi connectivity index (χ2v) is 3.78. The summed E-state index contributed by atoms with van der Waals surface area (Å²) in [7, 11) is 1.85. The highest BCUT2D eigenvalue weighted by Crippen LogP contribution is 2.14. The van der Waals surface area contributed by atoms with E-state index < -0.39 is 0 Å². The van der Waals surface area contributed by atoms with Crippen LogP contribution < -0.4 is 10.6 Å². The van der Waals surface area contributed by atoms with Crippen LogP contribution in [0.2, 0.25) is 0 Å². The molecule has 80 valence electrons. The van der Waals surface area contributed by atoms with Gasteiger partial charge in [-0.1, -0.05) is 0 Å². The van der Waals surface area contributed by atoms with E-state index in [1.807, 2.05) is 7.05 Å². The number of nitrogens with one attached hydrogen (secondary N) is 2. The van der Waals surface area contributed by atoms with Gasteiger partial charge in [-0.25, -0.2) is 0 Å². The minimum atomic E-state index is -0.0550. The van der Waals surface area contributed by atoms with Crippen LogP contribution in [0.5, 0.6) is 0 Å². The molecule has 2 unspecified atom stereocenters. The molecule has 2 atom stereocenters. The monoisotopic (exact) mass is 200 g/mol. The van der Waals surface area contributed by atoms with Gasteiger partial charge in [-0.3, -0.25) is 4.79 Å². The molecule has 0 spiro atoms. The number of rotatable bonds is 3. The van der Waals surface area contributed by atoms with Crippen molar-refractivity contribution in [1.29, 1.82) is 0 Å². The van der Waals surface area contributed by atoms with E-state index in [1.165, 1.54) is 0 Å². The zero-order valence-corrected chi connectivity index (χ0v) is 8.29. The van der Waals surface area contributed by atoms with E-state index in [2.05, 4.69) is 10.6 Å². The lowest BCUT2D eigenvalue weighted by Crippen LogP contribution is -2.53. The first-order chi connectivity index (χ1) is 6.81. The first-order valence-electron chi connectivity index (χ1n) is 4.94.